The first-order valence-corrected chi connectivity index (χ1v) is 10.5. The van der Waals surface area contributed by atoms with Crippen molar-refractivity contribution in [3.05, 3.63) is 0 Å². The van der Waals surface area contributed by atoms with Crippen LogP contribution in [0.2, 0.25) is 0 Å². The fourth-order valence-electron chi connectivity index (χ4n) is 3.19. The minimum absolute atomic E-state index is 0.369. The van der Waals surface area contributed by atoms with Gasteiger partial charge in [-0.3, -0.25) is 0 Å². The monoisotopic (exact) mass is 328 g/mol. The van der Waals surface area contributed by atoms with E-state index < -0.39 is 0 Å². The molecule has 0 spiro atoms. The maximum atomic E-state index is 8.71. The van der Waals surface area contributed by atoms with Crippen LogP contribution >= 0.6 is 0 Å². The van der Waals surface area contributed by atoms with Crippen molar-refractivity contribution >= 4 is 0 Å². The van der Waals surface area contributed by atoms with E-state index >= 15 is 0 Å². The second-order valence-electron chi connectivity index (χ2n) is 7.08. The van der Waals surface area contributed by atoms with Crippen molar-refractivity contribution in [2.45, 2.75) is 116 Å². The maximum Gasteiger partial charge on any atom is 0.0462 e. The summed E-state index contributed by atoms with van der Waals surface area (Å²) in [5.41, 5.74) is 0. The SMILES string of the molecule is COCCCCCCCCCCCCCCCCCCCCO. The van der Waals surface area contributed by atoms with E-state index in [2.05, 4.69) is 0 Å². The number of aliphatic hydroxyl groups excluding tert-OH is 1. The van der Waals surface area contributed by atoms with Gasteiger partial charge in [-0.1, -0.05) is 103 Å². The summed E-state index contributed by atoms with van der Waals surface area (Å²) in [6.45, 7) is 1.30. The van der Waals surface area contributed by atoms with Gasteiger partial charge < -0.3 is 9.84 Å². The number of hydrogen-bond donors (Lipinski definition) is 1. The van der Waals surface area contributed by atoms with Gasteiger partial charge in [0.15, 0.2) is 0 Å². The molecule has 0 aromatic carbocycles. The Bertz CT molecular complexity index is 174. The molecule has 0 aliphatic carbocycles. The molecular weight excluding hydrogens is 284 g/mol. The summed E-state index contributed by atoms with van der Waals surface area (Å²) in [7, 11) is 1.79. The minimum atomic E-state index is 0.369. The number of rotatable bonds is 20. The summed E-state index contributed by atoms with van der Waals surface area (Å²) in [5, 5.41) is 8.71. The molecule has 0 aliphatic heterocycles. The van der Waals surface area contributed by atoms with Crippen LogP contribution in [0.3, 0.4) is 0 Å². The molecule has 23 heavy (non-hydrogen) atoms. The molecule has 0 aliphatic rings. The third-order valence-corrected chi connectivity index (χ3v) is 4.76. The number of aliphatic hydroxyl groups is 1. The van der Waals surface area contributed by atoms with Gasteiger partial charge in [-0.2, -0.15) is 0 Å². The van der Waals surface area contributed by atoms with Gasteiger partial charge >= 0.3 is 0 Å². The summed E-state index contributed by atoms with van der Waals surface area (Å²) in [6.07, 6.45) is 24.6. The van der Waals surface area contributed by atoms with E-state index in [1.165, 1.54) is 109 Å². The van der Waals surface area contributed by atoms with E-state index in [0.717, 1.165) is 13.0 Å². The Morgan fingerprint density at radius 3 is 0.957 bits per heavy atom. The summed E-state index contributed by atoms with van der Waals surface area (Å²) < 4.78 is 5.07. The first-order valence-electron chi connectivity index (χ1n) is 10.5. The molecule has 0 rings (SSSR count). The Kier molecular flexibility index (Phi) is 21.8. The van der Waals surface area contributed by atoms with Crippen molar-refractivity contribution in [3.8, 4) is 0 Å². The second-order valence-corrected chi connectivity index (χ2v) is 7.08. The molecule has 1 N–H and O–H groups in total. The normalized spacial score (nSPS) is 11.2. The Labute approximate surface area is 146 Å². The highest BCUT2D eigenvalue weighted by Gasteiger charge is 1.95. The predicted octanol–water partition coefficient (Wildman–Crippen LogP) is 6.65. The fraction of sp³-hybridized carbons (Fsp3) is 1.00. The third kappa shape index (κ3) is 21.9. The number of ether oxygens (including phenoxy) is 1. The molecular formula is C21H44O2. The van der Waals surface area contributed by atoms with Crippen LogP contribution in [0.25, 0.3) is 0 Å². The van der Waals surface area contributed by atoms with E-state index in [9.17, 15) is 0 Å². The lowest BCUT2D eigenvalue weighted by Gasteiger charge is -2.04. The second kappa shape index (κ2) is 21.9. The van der Waals surface area contributed by atoms with Crippen molar-refractivity contribution in [1.82, 2.24) is 0 Å². The first-order chi connectivity index (χ1) is 11.4. The van der Waals surface area contributed by atoms with Crippen LogP contribution in [0.1, 0.15) is 116 Å². The highest BCUT2D eigenvalue weighted by atomic mass is 16.5. The van der Waals surface area contributed by atoms with Crippen LogP contribution in [0.4, 0.5) is 0 Å². The van der Waals surface area contributed by atoms with Gasteiger partial charge in [0.1, 0.15) is 0 Å². The van der Waals surface area contributed by atoms with Crippen LogP contribution in [-0.4, -0.2) is 25.4 Å². The van der Waals surface area contributed by atoms with Gasteiger partial charge in [0, 0.05) is 20.3 Å². The molecule has 0 amide bonds. The lowest BCUT2D eigenvalue weighted by molar-refractivity contribution is 0.192. The topological polar surface area (TPSA) is 29.5 Å². The van der Waals surface area contributed by atoms with Gasteiger partial charge in [0.05, 0.1) is 0 Å². The molecule has 0 aromatic rings. The molecule has 0 heterocycles. The molecule has 0 unspecified atom stereocenters. The van der Waals surface area contributed by atoms with E-state index in [1.54, 1.807) is 7.11 Å². The Hall–Kier alpha value is -0.0800. The molecule has 0 saturated heterocycles. The van der Waals surface area contributed by atoms with Crippen LogP contribution < -0.4 is 0 Å². The van der Waals surface area contributed by atoms with Crippen molar-refractivity contribution in [1.29, 1.82) is 0 Å². The summed E-state index contributed by atoms with van der Waals surface area (Å²) in [5.74, 6) is 0. The fourth-order valence-corrected chi connectivity index (χ4v) is 3.19. The zero-order chi connectivity index (χ0) is 16.8. The van der Waals surface area contributed by atoms with Gasteiger partial charge in [-0.05, 0) is 12.8 Å². The van der Waals surface area contributed by atoms with Crippen molar-refractivity contribution in [2.75, 3.05) is 20.3 Å². The van der Waals surface area contributed by atoms with Gasteiger partial charge in [-0.15, -0.1) is 0 Å². The first kappa shape index (κ1) is 22.9. The maximum absolute atomic E-state index is 8.71. The van der Waals surface area contributed by atoms with Crippen molar-refractivity contribution in [3.63, 3.8) is 0 Å². The quantitative estimate of drug-likeness (QED) is 0.254. The predicted molar refractivity (Wildman–Crippen MR) is 102 cm³/mol. The van der Waals surface area contributed by atoms with Crippen LogP contribution in [0.15, 0.2) is 0 Å². The molecule has 2 nitrogen and oxygen atoms in total. The van der Waals surface area contributed by atoms with Gasteiger partial charge in [-0.25, -0.2) is 0 Å². The van der Waals surface area contributed by atoms with Gasteiger partial charge in [0.25, 0.3) is 0 Å². The Morgan fingerprint density at radius 1 is 0.435 bits per heavy atom. The van der Waals surface area contributed by atoms with E-state index in [1.807, 2.05) is 0 Å². The van der Waals surface area contributed by atoms with E-state index in [0.29, 0.717) is 6.61 Å². The van der Waals surface area contributed by atoms with Crippen LogP contribution in [0.5, 0.6) is 0 Å². The summed E-state index contributed by atoms with van der Waals surface area (Å²) in [6, 6.07) is 0. The molecule has 0 fully saturated rings. The summed E-state index contributed by atoms with van der Waals surface area (Å²) in [4.78, 5) is 0. The third-order valence-electron chi connectivity index (χ3n) is 4.76. The molecule has 0 aromatic heterocycles. The molecule has 0 atom stereocenters. The minimum Gasteiger partial charge on any atom is -0.396 e. The van der Waals surface area contributed by atoms with E-state index in [4.69, 9.17) is 9.84 Å². The molecule has 0 radical (unpaired) electrons. The van der Waals surface area contributed by atoms with E-state index in [-0.39, 0.29) is 0 Å². The smallest absolute Gasteiger partial charge is 0.0462 e. The molecule has 0 bridgehead atoms. The van der Waals surface area contributed by atoms with Crippen LogP contribution in [0, 0.1) is 0 Å². The summed E-state index contributed by atoms with van der Waals surface area (Å²) >= 11 is 0. The Morgan fingerprint density at radius 2 is 0.696 bits per heavy atom. The zero-order valence-electron chi connectivity index (χ0n) is 16.0. The lowest BCUT2D eigenvalue weighted by Crippen LogP contribution is -1.88. The number of methoxy groups -OCH3 is 1. The Balaban J connectivity index is 2.92. The number of hydrogen-bond acceptors (Lipinski definition) is 2. The lowest BCUT2D eigenvalue weighted by atomic mass is 10.0. The molecule has 0 saturated carbocycles. The van der Waals surface area contributed by atoms with Crippen LogP contribution in [-0.2, 0) is 4.74 Å². The van der Waals surface area contributed by atoms with Gasteiger partial charge in [0.2, 0.25) is 0 Å². The highest BCUT2D eigenvalue weighted by molar-refractivity contribution is 4.50. The molecule has 140 valence electrons. The average Bonchev–Trinajstić information content (AvgIpc) is 2.57. The molecule has 2 heteroatoms. The van der Waals surface area contributed by atoms with Crippen molar-refractivity contribution < 1.29 is 9.84 Å². The zero-order valence-corrected chi connectivity index (χ0v) is 16.0. The van der Waals surface area contributed by atoms with Crippen molar-refractivity contribution in [2.24, 2.45) is 0 Å². The average molecular weight is 329 g/mol. The highest BCUT2D eigenvalue weighted by Crippen LogP contribution is 2.14. The standard InChI is InChI=1S/C21H44O2/c1-23-21-19-17-15-13-11-9-7-5-3-2-4-6-8-10-12-14-16-18-20-22/h22H,2-21H2,1H3. The number of unbranched alkanes of at least 4 members (excludes halogenated alkanes) is 17. The largest absolute Gasteiger partial charge is 0.396 e.